The lowest BCUT2D eigenvalue weighted by molar-refractivity contribution is -0.120. The van der Waals surface area contributed by atoms with Crippen molar-refractivity contribution in [2.24, 2.45) is 5.92 Å². The number of para-hydroxylation sites is 2. The van der Waals surface area contributed by atoms with Crippen LogP contribution in [0.4, 0.5) is 10.9 Å². The molecule has 0 atom stereocenters. The summed E-state index contributed by atoms with van der Waals surface area (Å²) >= 11 is 1.32. The highest BCUT2D eigenvalue weighted by atomic mass is 32.1. The van der Waals surface area contributed by atoms with Gasteiger partial charge < -0.3 is 10.2 Å². The van der Waals surface area contributed by atoms with Crippen molar-refractivity contribution in [1.82, 2.24) is 19.6 Å². The molecule has 4 aromatic rings. The Morgan fingerprint density at radius 3 is 2.83 bits per heavy atom. The number of amides is 1. The largest absolute Gasteiger partial charge is 0.358 e. The van der Waals surface area contributed by atoms with E-state index in [2.05, 4.69) is 37.0 Å². The van der Waals surface area contributed by atoms with Gasteiger partial charge >= 0.3 is 0 Å². The summed E-state index contributed by atoms with van der Waals surface area (Å²) in [5, 5.41) is 20.7. The van der Waals surface area contributed by atoms with E-state index in [1.807, 2.05) is 31.2 Å². The summed E-state index contributed by atoms with van der Waals surface area (Å²) in [6.45, 7) is 3.45. The number of nitrogens with one attached hydrogen (secondary N) is 1. The molecule has 30 heavy (non-hydrogen) atoms. The highest BCUT2D eigenvalue weighted by Gasteiger charge is 2.28. The Morgan fingerprint density at radius 2 is 2.10 bits per heavy atom. The number of nitrogens with zero attached hydrogens (tertiary/aromatic N) is 6. The molecule has 1 aromatic carbocycles. The van der Waals surface area contributed by atoms with Crippen molar-refractivity contribution in [2.75, 3.05) is 23.3 Å². The Bertz CT molecular complexity index is 1280. The fraction of sp³-hybridized carbons (Fsp3) is 0.286. The molecule has 5 rings (SSSR count). The highest BCUT2D eigenvalue weighted by molar-refractivity contribution is 7.13. The number of aryl methyl sites for hydroxylation is 1. The molecule has 150 valence electrons. The predicted molar refractivity (Wildman–Crippen MR) is 116 cm³/mol. The molecule has 0 aliphatic carbocycles. The van der Waals surface area contributed by atoms with Crippen LogP contribution in [-0.4, -0.2) is 38.6 Å². The predicted octanol–water partition coefficient (Wildman–Crippen LogP) is 3.37. The number of fused-ring (bicyclic) bond motifs is 3. The van der Waals surface area contributed by atoms with Gasteiger partial charge in [-0.15, -0.1) is 10.2 Å². The number of carbonyl (C=O) groups is 1. The third-order valence-electron chi connectivity index (χ3n) is 5.65. The van der Waals surface area contributed by atoms with Gasteiger partial charge in [0, 0.05) is 19.0 Å². The number of imidazole rings is 1. The standard InChI is InChI=1S/C21H19N7OS/c1-13-10-18(28-17-5-3-2-4-16(17)24-19(28)15(13)11-22)27-8-6-14(7-9-27)20(29)25-21-26-23-12-30-21/h2-5,10,12,14H,6-9H2,1H3,(H,25,26,29). The van der Waals surface area contributed by atoms with E-state index >= 15 is 0 Å². The molecule has 4 heterocycles. The van der Waals surface area contributed by atoms with Gasteiger partial charge in [-0.05, 0) is 43.5 Å². The van der Waals surface area contributed by atoms with Gasteiger partial charge in [0.25, 0.3) is 0 Å². The molecule has 1 fully saturated rings. The van der Waals surface area contributed by atoms with Crippen LogP contribution in [0.1, 0.15) is 24.0 Å². The van der Waals surface area contributed by atoms with Crippen molar-refractivity contribution in [2.45, 2.75) is 19.8 Å². The summed E-state index contributed by atoms with van der Waals surface area (Å²) in [4.78, 5) is 19.6. The van der Waals surface area contributed by atoms with Crippen molar-refractivity contribution in [3.05, 3.63) is 47.0 Å². The molecule has 1 saturated heterocycles. The van der Waals surface area contributed by atoms with Gasteiger partial charge in [0.15, 0.2) is 5.65 Å². The molecule has 0 radical (unpaired) electrons. The molecule has 0 bridgehead atoms. The molecular formula is C21H19N7OS. The number of anilines is 2. The summed E-state index contributed by atoms with van der Waals surface area (Å²) in [5.41, 5.74) is 5.64. The van der Waals surface area contributed by atoms with Crippen LogP contribution < -0.4 is 10.2 Å². The second-order valence-corrected chi connectivity index (χ2v) is 8.26. The van der Waals surface area contributed by atoms with Crippen LogP contribution >= 0.6 is 11.3 Å². The average molecular weight is 417 g/mol. The van der Waals surface area contributed by atoms with Crippen LogP contribution in [0.3, 0.4) is 0 Å². The second kappa shape index (κ2) is 7.39. The number of nitriles is 1. The van der Waals surface area contributed by atoms with Gasteiger partial charge in [-0.2, -0.15) is 5.26 Å². The van der Waals surface area contributed by atoms with Crippen LogP contribution in [0, 0.1) is 24.2 Å². The van der Waals surface area contributed by atoms with Crippen LogP contribution in [0.5, 0.6) is 0 Å². The van der Waals surface area contributed by atoms with E-state index in [0.717, 1.165) is 48.3 Å². The zero-order valence-corrected chi connectivity index (χ0v) is 17.2. The Balaban J connectivity index is 1.46. The van der Waals surface area contributed by atoms with Gasteiger partial charge in [-0.25, -0.2) is 4.98 Å². The molecule has 0 unspecified atom stereocenters. The van der Waals surface area contributed by atoms with E-state index in [-0.39, 0.29) is 11.8 Å². The lowest BCUT2D eigenvalue weighted by Crippen LogP contribution is -2.39. The summed E-state index contributed by atoms with van der Waals surface area (Å²) in [7, 11) is 0. The maximum atomic E-state index is 12.6. The first-order chi connectivity index (χ1) is 14.7. The van der Waals surface area contributed by atoms with E-state index in [1.165, 1.54) is 11.3 Å². The van der Waals surface area contributed by atoms with Gasteiger partial charge in [0.2, 0.25) is 11.0 Å². The lowest BCUT2D eigenvalue weighted by atomic mass is 9.96. The van der Waals surface area contributed by atoms with E-state index < -0.39 is 0 Å². The number of rotatable bonds is 3. The van der Waals surface area contributed by atoms with Crippen molar-refractivity contribution in [3.63, 3.8) is 0 Å². The van der Waals surface area contributed by atoms with E-state index in [4.69, 9.17) is 4.98 Å². The molecule has 9 heteroatoms. The Morgan fingerprint density at radius 1 is 1.30 bits per heavy atom. The molecule has 1 aliphatic heterocycles. The van der Waals surface area contributed by atoms with Crippen LogP contribution in [0.25, 0.3) is 16.7 Å². The van der Waals surface area contributed by atoms with Crippen molar-refractivity contribution >= 4 is 44.9 Å². The van der Waals surface area contributed by atoms with Gasteiger partial charge in [-0.1, -0.05) is 23.5 Å². The molecule has 0 spiro atoms. The smallest absolute Gasteiger partial charge is 0.229 e. The maximum Gasteiger partial charge on any atom is 0.229 e. The first-order valence-corrected chi connectivity index (χ1v) is 10.7. The highest BCUT2D eigenvalue weighted by Crippen LogP contribution is 2.31. The van der Waals surface area contributed by atoms with E-state index in [0.29, 0.717) is 16.3 Å². The molecule has 8 nitrogen and oxygen atoms in total. The Labute approximate surface area is 176 Å². The fourth-order valence-corrected chi connectivity index (χ4v) is 4.56. The van der Waals surface area contributed by atoms with E-state index in [9.17, 15) is 10.1 Å². The number of pyridine rings is 1. The normalized spacial score (nSPS) is 14.9. The molecule has 1 aliphatic rings. The van der Waals surface area contributed by atoms with Crippen molar-refractivity contribution < 1.29 is 4.79 Å². The maximum absolute atomic E-state index is 12.6. The third kappa shape index (κ3) is 3.06. The number of carbonyl (C=O) groups excluding carboxylic acids is 1. The minimum Gasteiger partial charge on any atom is -0.358 e. The average Bonchev–Trinajstić information content (AvgIpc) is 3.41. The van der Waals surface area contributed by atoms with Crippen LogP contribution in [-0.2, 0) is 4.79 Å². The van der Waals surface area contributed by atoms with Crippen molar-refractivity contribution in [3.8, 4) is 6.07 Å². The lowest BCUT2D eigenvalue weighted by Gasteiger charge is -2.33. The zero-order valence-electron chi connectivity index (χ0n) is 16.4. The van der Waals surface area contributed by atoms with Crippen molar-refractivity contribution in [1.29, 1.82) is 5.26 Å². The third-order valence-corrected chi connectivity index (χ3v) is 6.25. The van der Waals surface area contributed by atoms with Crippen LogP contribution in [0.2, 0.25) is 0 Å². The minimum absolute atomic E-state index is 0.000589. The van der Waals surface area contributed by atoms with Gasteiger partial charge in [0.1, 0.15) is 17.4 Å². The van der Waals surface area contributed by atoms with Gasteiger partial charge in [-0.3, -0.25) is 9.20 Å². The minimum atomic E-state index is -0.0559. The number of piperidine rings is 1. The number of hydrogen-bond donors (Lipinski definition) is 1. The van der Waals surface area contributed by atoms with Gasteiger partial charge in [0.05, 0.1) is 16.6 Å². The Hall–Kier alpha value is -3.51. The zero-order chi connectivity index (χ0) is 20.7. The fourth-order valence-electron chi connectivity index (χ4n) is 4.11. The summed E-state index contributed by atoms with van der Waals surface area (Å²) in [5.74, 6) is 0.957. The quantitative estimate of drug-likeness (QED) is 0.549. The molecule has 1 N–H and O–H groups in total. The SMILES string of the molecule is Cc1cc(N2CCC(C(=O)Nc3nncs3)CC2)n2c(nc3ccccc32)c1C#N. The second-order valence-electron chi connectivity index (χ2n) is 7.43. The Kier molecular flexibility index (Phi) is 4.56. The molecule has 3 aromatic heterocycles. The molecular weight excluding hydrogens is 398 g/mol. The monoisotopic (exact) mass is 417 g/mol. The topological polar surface area (TPSA) is 99.2 Å². The summed E-state index contributed by atoms with van der Waals surface area (Å²) in [6.07, 6.45) is 1.50. The summed E-state index contributed by atoms with van der Waals surface area (Å²) < 4.78 is 2.07. The van der Waals surface area contributed by atoms with Crippen LogP contribution in [0.15, 0.2) is 35.8 Å². The number of aromatic nitrogens is 4. The molecule has 0 saturated carbocycles. The summed E-state index contributed by atoms with van der Waals surface area (Å²) in [6, 6.07) is 12.3. The number of benzene rings is 1. The molecule has 1 amide bonds. The number of hydrogen-bond acceptors (Lipinski definition) is 7. The first kappa shape index (κ1) is 18.5. The van der Waals surface area contributed by atoms with E-state index in [1.54, 1.807) is 5.51 Å². The first-order valence-electron chi connectivity index (χ1n) is 9.78.